The smallest absolute Gasteiger partial charge is 0.255 e. The van der Waals surface area contributed by atoms with Crippen molar-refractivity contribution >= 4 is 35.8 Å². The van der Waals surface area contributed by atoms with E-state index in [1.54, 1.807) is 6.07 Å². The Labute approximate surface area is 184 Å². The Kier molecular flexibility index (Phi) is 10.4. The van der Waals surface area contributed by atoms with E-state index in [1.807, 2.05) is 37.3 Å². The molecule has 0 aliphatic rings. The van der Waals surface area contributed by atoms with Crippen molar-refractivity contribution < 1.29 is 9.53 Å². The summed E-state index contributed by atoms with van der Waals surface area (Å²) in [6.45, 7) is 7.39. The van der Waals surface area contributed by atoms with Crippen molar-refractivity contribution in [3.63, 3.8) is 0 Å². The number of hydrogen-bond donors (Lipinski definition) is 3. The number of nitrogens with zero attached hydrogens (tertiary/aromatic N) is 1. The minimum atomic E-state index is -0.498. The first-order valence-corrected chi connectivity index (χ1v) is 9.10. The van der Waals surface area contributed by atoms with Crippen LogP contribution in [0.5, 0.6) is 5.75 Å². The number of nitrogens with one attached hydrogen (secondary N) is 2. The van der Waals surface area contributed by atoms with Crippen LogP contribution in [0.4, 0.5) is 0 Å². The van der Waals surface area contributed by atoms with Crippen molar-refractivity contribution in [2.75, 3.05) is 13.2 Å². The van der Waals surface area contributed by atoms with E-state index >= 15 is 0 Å². The summed E-state index contributed by atoms with van der Waals surface area (Å²) in [6.07, 6.45) is 0. The predicted molar refractivity (Wildman–Crippen MR) is 124 cm³/mol. The lowest BCUT2D eigenvalue weighted by Gasteiger charge is -2.19. The summed E-state index contributed by atoms with van der Waals surface area (Å²) >= 11 is 0. The molecule has 0 fully saturated rings. The second-order valence-corrected chi connectivity index (χ2v) is 6.32. The van der Waals surface area contributed by atoms with Crippen LogP contribution < -0.4 is 21.1 Å². The van der Waals surface area contributed by atoms with Crippen LogP contribution in [0.15, 0.2) is 53.5 Å². The highest BCUT2D eigenvalue weighted by Gasteiger charge is 2.09. The Morgan fingerprint density at radius 3 is 2.64 bits per heavy atom. The van der Waals surface area contributed by atoms with Gasteiger partial charge in [0.1, 0.15) is 5.75 Å². The van der Waals surface area contributed by atoms with E-state index < -0.39 is 5.91 Å². The molecule has 0 spiro atoms. The Morgan fingerprint density at radius 1 is 1.21 bits per heavy atom. The maximum absolute atomic E-state index is 10.8. The van der Waals surface area contributed by atoms with Gasteiger partial charge in [0.25, 0.3) is 5.91 Å². The molecule has 0 heterocycles. The van der Waals surface area contributed by atoms with Gasteiger partial charge in [-0.05, 0) is 49.6 Å². The third-order valence-corrected chi connectivity index (χ3v) is 4.05. The summed E-state index contributed by atoms with van der Waals surface area (Å²) in [4.78, 5) is 15.5. The van der Waals surface area contributed by atoms with Gasteiger partial charge in [-0.15, -0.1) is 24.0 Å². The maximum Gasteiger partial charge on any atom is 0.255 e. The van der Waals surface area contributed by atoms with Crippen molar-refractivity contribution in [2.24, 2.45) is 10.7 Å². The van der Waals surface area contributed by atoms with E-state index in [0.717, 1.165) is 18.1 Å². The Bertz CT molecular complexity index is 795. The molecule has 0 aliphatic carbocycles. The number of carbonyl (C=O) groups is 1. The number of ether oxygens (including phenoxy) is 1. The highest BCUT2D eigenvalue weighted by Crippen LogP contribution is 2.17. The van der Waals surface area contributed by atoms with Crippen molar-refractivity contribution in [3.8, 4) is 5.75 Å². The van der Waals surface area contributed by atoms with Gasteiger partial charge >= 0.3 is 0 Å². The maximum atomic E-state index is 10.8. The highest BCUT2D eigenvalue weighted by atomic mass is 127. The molecule has 0 aromatic heterocycles. The molecule has 2 rings (SSSR count). The summed E-state index contributed by atoms with van der Waals surface area (Å²) in [5.74, 6) is 0.853. The number of amides is 1. The Hall–Kier alpha value is -2.29. The monoisotopic (exact) mass is 496 g/mol. The lowest BCUT2D eigenvalue weighted by molar-refractivity contribution is -0.119. The Morgan fingerprint density at radius 2 is 1.96 bits per heavy atom. The molecular formula is C21H29IN4O2. The summed E-state index contributed by atoms with van der Waals surface area (Å²) in [5.41, 5.74) is 8.58. The zero-order valence-corrected chi connectivity index (χ0v) is 18.9. The third-order valence-electron chi connectivity index (χ3n) is 4.05. The fourth-order valence-corrected chi connectivity index (χ4v) is 2.73. The quantitative estimate of drug-likeness (QED) is 0.297. The van der Waals surface area contributed by atoms with Gasteiger partial charge in [-0.25, -0.2) is 4.99 Å². The molecule has 2 aromatic rings. The molecule has 6 nitrogen and oxygen atoms in total. The topological polar surface area (TPSA) is 88.7 Å². The SMILES string of the molecule is CCNC(=NCc1cccc(OCC(N)=O)c1)NC(C)c1ccccc1C.I. The molecule has 2 aromatic carbocycles. The lowest BCUT2D eigenvalue weighted by Crippen LogP contribution is -2.38. The number of hydrogen-bond acceptors (Lipinski definition) is 3. The number of benzene rings is 2. The van der Waals surface area contributed by atoms with E-state index in [0.29, 0.717) is 12.3 Å². The van der Waals surface area contributed by atoms with E-state index in [1.165, 1.54) is 11.1 Å². The van der Waals surface area contributed by atoms with Gasteiger partial charge in [0.2, 0.25) is 0 Å². The van der Waals surface area contributed by atoms with Crippen LogP contribution in [0.3, 0.4) is 0 Å². The zero-order valence-electron chi connectivity index (χ0n) is 16.6. The first-order valence-electron chi connectivity index (χ1n) is 9.10. The molecular weight excluding hydrogens is 467 g/mol. The number of carbonyl (C=O) groups excluding carboxylic acids is 1. The molecule has 152 valence electrons. The molecule has 0 saturated heterocycles. The van der Waals surface area contributed by atoms with Crippen LogP contribution in [0.1, 0.15) is 36.6 Å². The van der Waals surface area contributed by atoms with Crippen LogP contribution in [0.2, 0.25) is 0 Å². The van der Waals surface area contributed by atoms with Crippen molar-refractivity contribution in [1.82, 2.24) is 10.6 Å². The van der Waals surface area contributed by atoms with Crippen LogP contribution in [0.25, 0.3) is 0 Å². The largest absolute Gasteiger partial charge is 0.484 e. The minimum Gasteiger partial charge on any atom is -0.484 e. The fraction of sp³-hybridized carbons (Fsp3) is 0.333. The Balaban J connectivity index is 0.00000392. The molecule has 1 unspecified atom stereocenters. The second-order valence-electron chi connectivity index (χ2n) is 6.32. The van der Waals surface area contributed by atoms with Crippen molar-refractivity contribution in [3.05, 3.63) is 65.2 Å². The van der Waals surface area contributed by atoms with Gasteiger partial charge in [0, 0.05) is 6.54 Å². The molecule has 0 radical (unpaired) electrons. The van der Waals surface area contributed by atoms with Gasteiger partial charge in [-0.2, -0.15) is 0 Å². The number of primary amides is 1. The highest BCUT2D eigenvalue weighted by molar-refractivity contribution is 14.0. The zero-order chi connectivity index (χ0) is 19.6. The molecule has 4 N–H and O–H groups in total. The third kappa shape index (κ3) is 7.75. The molecule has 7 heteroatoms. The van der Waals surface area contributed by atoms with Crippen LogP contribution in [0, 0.1) is 6.92 Å². The van der Waals surface area contributed by atoms with Crippen molar-refractivity contribution in [2.45, 2.75) is 33.4 Å². The lowest BCUT2D eigenvalue weighted by atomic mass is 10.0. The van der Waals surface area contributed by atoms with E-state index in [4.69, 9.17) is 10.5 Å². The number of aryl methyl sites for hydroxylation is 1. The number of guanidine groups is 1. The molecule has 1 amide bonds. The van der Waals surface area contributed by atoms with Gasteiger partial charge in [0.05, 0.1) is 12.6 Å². The second kappa shape index (κ2) is 12.2. The standard InChI is InChI=1S/C21H28N4O2.HI/c1-4-23-21(25-16(3)19-11-6-5-8-15(19)2)24-13-17-9-7-10-18(12-17)27-14-20(22)26;/h5-12,16H,4,13-14H2,1-3H3,(H2,22,26)(H2,23,24,25);1H. The van der Waals surface area contributed by atoms with Gasteiger partial charge in [-0.3, -0.25) is 4.79 Å². The molecule has 28 heavy (non-hydrogen) atoms. The number of nitrogens with two attached hydrogens (primary N) is 1. The normalized spacial score (nSPS) is 11.9. The van der Waals surface area contributed by atoms with Crippen LogP contribution >= 0.6 is 24.0 Å². The fourth-order valence-electron chi connectivity index (χ4n) is 2.73. The average molecular weight is 496 g/mol. The van der Waals surface area contributed by atoms with Gasteiger partial charge in [-0.1, -0.05) is 36.4 Å². The van der Waals surface area contributed by atoms with Crippen LogP contribution in [-0.2, 0) is 11.3 Å². The predicted octanol–water partition coefficient (Wildman–Crippen LogP) is 3.29. The van der Waals surface area contributed by atoms with E-state index in [-0.39, 0.29) is 36.6 Å². The molecule has 1 atom stereocenters. The minimum absolute atomic E-state index is 0. The van der Waals surface area contributed by atoms with Gasteiger partial charge < -0.3 is 21.1 Å². The van der Waals surface area contributed by atoms with Crippen LogP contribution in [-0.4, -0.2) is 25.0 Å². The van der Waals surface area contributed by atoms with Gasteiger partial charge in [0.15, 0.2) is 12.6 Å². The summed E-state index contributed by atoms with van der Waals surface area (Å²) in [6, 6.07) is 15.9. The van der Waals surface area contributed by atoms with Crippen molar-refractivity contribution in [1.29, 1.82) is 0 Å². The first-order chi connectivity index (χ1) is 13.0. The number of aliphatic imine (C=N–C) groups is 1. The number of halogens is 1. The molecule has 0 bridgehead atoms. The summed E-state index contributed by atoms with van der Waals surface area (Å²) in [5, 5.41) is 6.72. The first kappa shape index (κ1) is 23.7. The summed E-state index contributed by atoms with van der Waals surface area (Å²) in [7, 11) is 0. The molecule has 0 aliphatic heterocycles. The summed E-state index contributed by atoms with van der Waals surface area (Å²) < 4.78 is 5.34. The average Bonchev–Trinajstić information content (AvgIpc) is 2.65. The molecule has 0 saturated carbocycles. The van der Waals surface area contributed by atoms with E-state index in [2.05, 4.69) is 41.6 Å². The number of rotatable bonds is 8. The van der Waals surface area contributed by atoms with E-state index in [9.17, 15) is 4.79 Å².